The number of nitrogens with two attached hydrogens (primary N) is 1. The van der Waals surface area contributed by atoms with Gasteiger partial charge in [0.25, 0.3) is 0 Å². The first-order valence-corrected chi connectivity index (χ1v) is 7.00. The third-order valence-electron chi connectivity index (χ3n) is 4.11. The van der Waals surface area contributed by atoms with Crippen molar-refractivity contribution in [3.8, 4) is 5.75 Å². The van der Waals surface area contributed by atoms with Crippen LogP contribution in [0.15, 0.2) is 34.8 Å². The lowest BCUT2D eigenvalue weighted by molar-refractivity contribution is 0.447. The van der Waals surface area contributed by atoms with Crippen molar-refractivity contribution >= 4 is 26.7 Å². The normalized spacial score (nSPS) is 18.8. The van der Waals surface area contributed by atoms with Crippen LogP contribution in [0.2, 0.25) is 0 Å². The fraction of sp³-hybridized carbons (Fsp3) is 0.333. The van der Waals surface area contributed by atoms with E-state index in [4.69, 9.17) is 5.73 Å². The second-order valence-electron chi connectivity index (χ2n) is 5.31. The van der Waals surface area contributed by atoms with Gasteiger partial charge in [-0.1, -0.05) is 22.0 Å². The van der Waals surface area contributed by atoms with Crippen LogP contribution in [0.3, 0.4) is 0 Å². The Bertz CT molecular complexity index is 617. The summed E-state index contributed by atoms with van der Waals surface area (Å²) in [6.45, 7) is 2.03. The number of phenols is 1. The van der Waals surface area contributed by atoms with Gasteiger partial charge in [-0.3, -0.25) is 0 Å². The monoisotopic (exact) mass is 305 g/mol. The predicted octanol–water partition coefficient (Wildman–Crippen LogP) is 3.69. The molecule has 2 aromatic carbocycles. The molecule has 1 fully saturated rings. The lowest BCUT2D eigenvalue weighted by Gasteiger charge is -2.21. The van der Waals surface area contributed by atoms with Crippen LogP contribution in [0.4, 0.5) is 0 Å². The van der Waals surface area contributed by atoms with Crippen LogP contribution in [-0.4, -0.2) is 11.1 Å². The first kappa shape index (κ1) is 12.0. The van der Waals surface area contributed by atoms with E-state index in [1.807, 2.05) is 25.1 Å². The summed E-state index contributed by atoms with van der Waals surface area (Å²) in [5.41, 5.74) is 7.08. The highest BCUT2D eigenvalue weighted by Gasteiger charge is 2.48. The van der Waals surface area contributed by atoms with Gasteiger partial charge in [-0.25, -0.2) is 0 Å². The van der Waals surface area contributed by atoms with E-state index in [2.05, 4.69) is 28.1 Å². The molecular weight excluding hydrogens is 290 g/mol. The van der Waals surface area contributed by atoms with Gasteiger partial charge in [-0.05, 0) is 54.8 Å². The predicted molar refractivity (Wildman–Crippen MR) is 77.9 cm³/mol. The van der Waals surface area contributed by atoms with E-state index >= 15 is 0 Å². The molecule has 1 aliphatic carbocycles. The van der Waals surface area contributed by atoms with Crippen LogP contribution in [0.1, 0.15) is 25.3 Å². The van der Waals surface area contributed by atoms with Crippen molar-refractivity contribution in [1.82, 2.24) is 0 Å². The molecule has 1 aliphatic rings. The average Bonchev–Trinajstić information content (AvgIpc) is 3.10. The van der Waals surface area contributed by atoms with Crippen molar-refractivity contribution in [1.29, 1.82) is 0 Å². The Morgan fingerprint density at radius 1 is 1.22 bits per heavy atom. The topological polar surface area (TPSA) is 46.2 Å². The summed E-state index contributed by atoms with van der Waals surface area (Å²) in [5, 5.41) is 12.4. The number of rotatable bonds is 2. The Morgan fingerprint density at radius 2 is 1.94 bits per heavy atom. The van der Waals surface area contributed by atoms with Crippen LogP contribution >= 0.6 is 15.9 Å². The number of aromatic hydroxyl groups is 1. The Hall–Kier alpha value is -1.06. The van der Waals surface area contributed by atoms with Crippen molar-refractivity contribution < 1.29 is 5.11 Å². The molecule has 0 aliphatic heterocycles. The maximum atomic E-state index is 10.2. The molecule has 0 heterocycles. The highest BCUT2D eigenvalue weighted by molar-refractivity contribution is 9.10. The molecule has 0 spiro atoms. The fourth-order valence-corrected chi connectivity index (χ4v) is 3.14. The summed E-state index contributed by atoms with van der Waals surface area (Å²) in [7, 11) is 0. The van der Waals surface area contributed by atoms with Crippen LogP contribution in [0, 0.1) is 0 Å². The van der Waals surface area contributed by atoms with E-state index < -0.39 is 0 Å². The van der Waals surface area contributed by atoms with Crippen LogP contribution in [-0.2, 0) is 5.41 Å². The Balaban J connectivity index is 2.21. The van der Waals surface area contributed by atoms with Gasteiger partial charge >= 0.3 is 0 Å². The molecule has 2 nitrogen and oxygen atoms in total. The molecular formula is C15H16BrNO. The van der Waals surface area contributed by atoms with E-state index in [9.17, 15) is 5.11 Å². The summed E-state index contributed by atoms with van der Waals surface area (Å²) in [4.78, 5) is 0. The lowest BCUT2D eigenvalue weighted by Crippen LogP contribution is -2.31. The van der Waals surface area contributed by atoms with Gasteiger partial charge in [-0.15, -0.1) is 0 Å². The summed E-state index contributed by atoms with van der Waals surface area (Å²) in [6, 6.07) is 10.1. The molecule has 0 bridgehead atoms. The van der Waals surface area contributed by atoms with Crippen molar-refractivity contribution in [2.45, 2.75) is 31.2 Å². The second-order valence-corrected chi connectivity index (χ2v) is 6.22. The zero-order valence-electron chi connectivity index (χ0n) is 10.3. The van der Waals surface area contributed by atoms with Gasteiger partial charge in [-0.2, -0.15) is 0 Å². The number of hydrogen-bond donors (Lipinski definition) is 2. The van der Waals surface area contributed by atoms with Crippen molar-refractivity contribution in [2.75, 3.05) is 0 Å². The Kier molecular flexibility index (Phi) is 2.65. The van der Waals surface area contributed by atoms with Gasteiger partial charge in [0, 0.05) is 21.5 Å². The Morgan fingerprint density at radius 3 is 2.56 bits per heavy atom. The summed E-state index contributed by atoms with van der Waals surface area (Å²) in [6.07, 6.45) is 2.13. The minimum atomic E-state index is -0.0133. The standard InChI is InChI=1S/C15H16BrNO/c1-9(17)15(4-5-15)13-7-11-6-12(16)3-2-10(11)8-14(13)18/h2-3,6-9,18H,4-5,17H2,1H3. The van der Waals surface area contributed by atoms with Crippen molar-refractivity contribution in [3.05, 3.63) is 40.4 Å². The molecule has 0 aromatic heterocycles. The van der Waals surface area contributed by atoms with Crippen molar-refractivity contribution in [2.24, 2.45) is 5.73 Å². The van der Waals surface area contributed by atoms with Gasteiger partial charge in [0.2, 0.25) is 0 Å². The lowest BCUT2D eigenvalue weighted by atomic mass is 9.87. The first-order chi connectivity index (χ1) is 8.53. The molecule has 3 N–H and O–H groups in total. The third-order valence-corrected chi connectivity index (χ3v) is 4.61. The molecule has 0 saturated heterocycles. The van der Waals surface area contributed by atoms with Crippen LogP contribution < -0.4 is 5.73 Å². The van der Waals surface area contributed by atoms with E-state index in [0.29, 0.717) is 5.75 Å². The maximum Gasteiger partial charge on any atom is 0.120 e. The molecule has 3 rings (SSSR count). The van der Waals surface area contributed by atoms with Crippen LogP contribution in [0.25, 0.3) is 10.8 Å². The van der Waals surface area contributed by atoms with E-state index in [1.54, 1.807) is 0 Å². The molecule has 2 aromatic rings. The maximum absolute atomic E-state index is 10.2. The van der Waals surface area contributed by atoms with E-state index in [0.717, 1.165) is 33.7 Å². The molecule has 1 saturated carbocycles. The molecule has 1 unspecified atom stereocenters. The number of benzene rings is 2. The SMILES string of the molecule is CC(N)C1(c2cc3cc(Br)ccc3cc2O)CC1. The zero-order chi connectivity index (χ0) is 12.9. The second kappa shape index (κ2) is 3.97. The molecule has 1 atom stereocenters. The number of hydrogen-bond acceptors (Lipinski definition) is 2. The molecule has 0 amide bonds. The number of fused-ring (bicyclic) bond motifs is 1. The molecule has 0 radical (unpaired) electrons. The quantitative estimate of drug-likeness (QED) is 0.889. The summed E-state index contributed by atoms with van der Waals surface area (Å²) < 4.78 is 1.05. The minimum absolute atomic E-state index is 0.0133. The minimum Gasteiger partial charge on any atom is -0.508 e. The van der Waals surface area contributed by atoms with Crippen LogP contribution in [0.5, 0.6) is 5.75 Å². The first-order valence-electron chi connectivity index (χ1n) is 6.21. The van der Waals surface area contributed by atoms with Gasteiger partial charge in [0.15, 0.2) is 0 Å². The van der Waals surface area contributed by atoms with Gasteiger partial charge in [0.05, 0.1) is 0 Å². The number of halogens is 1. The molecule has 18 heavy (non-hydrogen) atoms. The van der Waals surface area contributed by atoms with E-state index in [1.165, 1.54) is 0 Å². The fourth-order valence-electron chi connectivity index (χ4n) is 2.76. The van der Waals surface area contributed by atoms with E-state index in [-0.39, 0.29) is 11.5 Å². The molecule has 94 valence electrons. The third kappa shape index (κ3) is 1.73. The highest BCUT2D eigenvalue weighted by atomic mass is 79.9. The van der Waals surface area contributed by atoms with Crippen molar-refractivity contribution in [3.63, 3.8) is 0 Å². The Labute approximate surface area is 115 Å². The average molecular weight is 306 g/mol. The van der Waals surface area contributed by atoms with Gasteiger partial charge < -0.3 is 10.8 Å². The largest absolute Gasteiger partial charge is 0.508 e. The number of phenolic OH excluding ortho intramolecular Hbond substituents is 1. The summed E-state index contributed by atoms with van der Waals surface area (Å²) >= 11 is 3.48. The van der Waals surface area contributed by atoms with Gasteiger partial charge in [0.1, 0.15) is 5.75 Å². The summed E-state index contributed by atoms with van der Waals surface area (Å²) in [5.74, 6) is 0.375. The highest BCUT2D eigenvalue weighted by Crippen LogP contribution is 2.53. The molecule has 3 heteroatoms. The smallest absolute Gasteiger partial charge is 0.120 e. The zero-order valence-corrected chi connectivity index (χ0v) is 11.9.